The van der Waals surface area contributed by atoms with Gasteiger partial charge in [-0.25, -0.2) is 17.8 Å². The summed E-state index contributed by atoms with van der Waals surface area (Å²) >= 11 is 6.96. The monoisotopic (exact) mass is 496 g/mol. The molecule has 2 aromatic rings. The van der Waals surface area contributed by atoms with E-state index in [9.17, 15) is 26.0 Å². The number of hydrogen-bond donors (Lipinski definition) is 2. The fraction of sp³-hybridized carbons (Fsp3) is 0.375. The topological polar surface area (TPSA) is 126 Å². The third-order valence-corrected chi connectivity index (χ3v) is 8.07. The Morgan fingerprint density at radius 3 is 2.80 bits per heavy atom. The molecular weight excluding hydrogens is 479 g/mol. The summed E-state index contributed by atoms with van der Waals surface area (Å²) < 4.78 is 65.4. The summed E-state index contributed by atoms with van der Waals surface area (Å²) in [6.45, 7) is -0.402. The molecule has 0 bridgehead atoms. The molecule has 3 rings (SSSR count). The smallest absolute Gasteiger partial charge is 0.280 e. The van der Waals surface area contributed by atoms with Crippen molar-refractivity contribution in [3.8, 4) is 0 Å². The van der Waals surface area contributed by atoms with Crippen molar-refractivity contribution < 1.29 is 26.0 Å². The predicted molar refractivity (Wildman–Crippen MR) is 112 cm³/mol. The van der Waals surface area contributed by atoms with Crippen molar-refractivity contribution in [1.29, 1.82) is 0 Å². The number of amides is 1. The maximum absolute atomic E-state index is 13.4. The molecule has 0 radical (unpaired) electrons. The van der Waals surface area contributed by atoms with Crippen LogP contribution < -0.4 is 10.0 Å². The van der Waals surface area contributed by atoms with E-state index >= 15 is 0 Å². The highest BCUT2D eigenvalue weighted by Crippen LogP contribution is 2.30. The van der Waals surface area contributed by atoms with E-state index in [0.717, 1.165) is 16.6 Å². The van der Waals surface area contributed by atoms with Gasteiger partial charge < -0.3 is 5.32 Å². The summed E-state index contributed by atoms with van der Waals surface area (Å²) in [6.07, 6.45) is 2.52. The van der Waals surface area contributed by atoms with E-state index in [1.54, 1.807) is 5.38 Å². The molecule has 0 saturated carbocycles. The van der Waals surface area contributed by atoms with Gasteiger partial charge in [-0.05, 0) is 24.6 Å². The van der Waals surface area contributed by atoms with E-state index in [2.05, 4.69) is 15.0 Å². The van der Waals surface area contributed by atoms with Gasteiger partial charge in [0, 0.05) is 30.1 Å². The Labute approximate surface area is 182 Å². The molecular formula is C16H18ClFN4O5S3. The number of rotatable bonds is 6. The molecule has 2 unspecified atom stereocenters. The minimum atomic E-state index is -4.18. The van der Waals surface area contributed by atoms with Crippen LogP contribution in [0.5, 0.6) is 0 Å². The molecule has 2 heterocycles. The van der Waals surface area contributed by atoms with Gasteiger partial charge in [-0.1, -0.05) is 11.6 Å². The first-order valence-corrected chi connectivity index (χ1v) is 13.3. The number of carbonyl (C=O) groups is 1. The SMILES string of the molecule is CS(=O)(=O)CCN1C(C(=O)Nc2ccc(F)c(Cl)c2)CC(c2nccs2)NS1(=O)=O. The number of nitrogens with zero attached hydrogens (tertiary/aromatic N) is 2. The van der Waals surface area contributed by atoms with E-state index in [1.807, 2.05) is 0 Å². The van der Waals surface area contributed by atoms with E-state index < -0.39 is 56.2 Å². The van der Waals surface area contributed by atoms with Gasteiger partial charge in [0.2, 0.25) is 5.91 Å². The summed E-state index contributed by atoms with van der Waals surface area (Å²) in [7, 11) is -7.67. The highest BCUT2D eigenvalue weighted by Gasteiger charge is 2.43. The second-order valence-electron chi connectivity index (χ2n) is 6.66. The number of aromatic nitrogens is 1. The number of hydrogen-bond acceptors (Lipinski definition) is 7. The molecule has 1 fully saturated rings. The summed E-state index contributed by atoms with van der Waals surface area (Å²) in [5.41, 5.74) is 0.177. The molecule has 1 amide bonds. The van der Waals surface area contributed by atoms with Gasteiger partial charge in [0.1, 0.15) is 26.7 Å². The van der Waals surface area contributed by atoms with Crippen LogP contribution in [0.1, 0.15) is 17.5 Å². The van der Waals surface area contributed by atoms with Gasteiger partial charge in [-0.15, -0.1) is 11.3 Å². The lowest BCUT2D eigenvalue weighted by atomic mass is 10.1. The van der Waals surface area contributed by atoms with E-state index in [4.69, 9.17) is 11.6 Å². The Kier molecular flexibility index (Phi) is 6.79. The lowest BCUT2D eigenvalue weighted by Gasteiger charge is -2.37. The fourth-order valence-corrected chi connectivity index (χ4v) is 6.08. The Bertz CT molecular complexity index is 1140. The highest BCUT2D eigenvalue weighted by atomic mass is 35.5. The van der Waals surface area contributed by atoms with Crippen LogP contribution in [0, 0.1) is 5.82 Å². The van der Waals surface area contributed by atoms with Gasteiger partial charge >= 0.3 is 0 Å². The number of sulfone groups is 1. The molecule has 1 saturated heterocycles. The zero-order valence-corrected chi connectivity index (χ0v) is 18.8. The van der Waals surface area contributed by atoms with Crippen LogP contribution in [-0.4, -0.2) is 56.6 Å². The first-order chi connectivity index (χ1) is 14.0. The lowest BCUT2D eigenvalue weighted by Crippen LogP contribution is -2.58. The minimum Gasteiger partial charge on any atom is -0.325 e. The summed E-state index contributed by atoms with van der Waals surface area (Å²) in [5.74, 6) is -1.82. The molecule has 14 heteroatoms. The Morgan fingerprint density at radius 1 is 1.47 bits per heavy atom. The number of halogens is 2. The van der Waals surface area contributed by atoms with Gasteiger partial charge in [0.15, 0.2) is 0 Å². The second kappa shape index (κ2) is 8.85. The molecule has 2 atom stereocenters. The Hall–Kier alpha value is -1.64. The molecule has 9 nitrogen and oxygen atoms in total. The number of nitrogens with one attached hydrogen (secondary N) is 2. The molecule has 2 N–H and O–H groups in total. The van der Waals surface area contributed by atoms with E-state index in [-0.39, 0.29) is 17.1 Å². The molecule has 0 aliphatic carbocycles. The van der Waals surface area contributed by atoms with Crippen LogP contribution in [0.15, 0.2) is 29.8 Å². The van der Waals surface area contributed by atoms with Crippen molar-refractivity contribution in [3.63, 3.8) is 0 Å². The van der Waals surface area contributed by atoms with Gasteiger partial charge in [-0.3, -0.25) is 4.79 Å². The average Bonchev–Trinajstić information content (AvgIpc) is 3.16. The van der Waals surface area contributed by atoms with Crippen LogP contribution in [-0.2, 0) is 24.8 Å². The minimum absolute atomic E-state index is 0.0251. The zero-order valence-electron chi connectivity index (χ0n) is 15.6. The average molecular weight is 497 g/mol. The fourth-order valence-electron chi connectivity index (χ4n) is 2.93. The maximum atomic E-state index is 13.4. The molecule has 1 aromatic carbocycles. The third kappa shape index (κ3) is 5.53. The molecule has 1 aromatic heterocycles. The van der Waals surface area contributed by atoms with Gasteiger partial charge in [0.05, 0.1) is 16.8 Å². The van der Waals surface area contributed by atoms with Crippen molar-refractivity contribution in [1.82, 2.24) is 14.0 Å². The number of benzene rings is 1. The zero-order chi connectivity index (χ0) is 22.1. The number of carbonyl (C=O) groups excluding carboxylic acids is 1. The van der Waals surface area contributed by atoms with Crippen molar-refractivity contribution in [2.75, 3.05) is 23.9 Å². The largest absolute Gasteiger partial charge is 0.325 e. The molecule has 1 aliphatic heterocycles. The number of anilines is 1. The van der Waals surface area contributed by atoms with Crippen molar-refractivity contribution in [3.05, 3.63) is 45.6 Å². The van der Waals surface area contributed by atoms with Crippen LogP contribution >= 0.6 is 22.9 Å². The Morgan fingerprint density at radius 2 is 2.20 bits per heavy atom. The molecule has 30 heavy (non-hydrogen) atoms. The van der Waals surface area contributed by atoms with Crippen LogP contribution in [0.25, 0.3) is 0 Å². The van der Waals surface area contributed by atoms with E-state index in [0.29, 0.717) is 5.01 Å². The quantitative estimate of drug-likeness (QED) is 0.625. The van der Waals surface area contributed by atoms with Crippen molar-refractivity contribution >= 4 is 54.6 Å². The Balaban J connectivity index is 1.90. The second-order valence-corrected chi connectivity index (χ2v) is 11.9. The number of thiazole rings is 1. The molecule has 164 valence electrons. The predicted octanol–water partition coefficient (Wildman–Crippen LogP) is 1.57. The maximum Gasteiger partial charge on any atom is 0.280 e. The van der Waals surface area contributed by atoms with Gasteiger partial charge in [0.25, 0.3) is 10.2 Å². The van der Waals surface area contributed by atoms with Crippen molar-refractivity contribution in [2.24, 2.45) is 0 Å². The highest BCUT2D eigenvalue weighted by molar-refractivity contribution is 7.90. The van der Waals surface area contributed by atoms with Crippen molar-refractivity contribution in [2.45, 2.75) is 18.5 Å². The summed E-state index contributed by atoms with van der Waals surface area (Å²) in [5, 5.41) is 4.46. The van der Waals surface area contributed by atoms with E-state index in [1.165, 1.54) is 29.7 Å². The standard InChI is InChI=1S/C16H18ClFN4O5S3/c1-29(24,25)7-5-22-14(15(23)20-10-2-3-12(18)11(17)8-10)9-13(21-30(22,26)27)16-19-4-6-28-16/h2-4,6,8,13-14,21H,5,7,9H2,1H3,(H,20,23). The normalized spacial score (nSPS) is 22.0. The van der Waals surface area contributed by atoms with Gasteiger partial charge in [-0.2, -0.15) is 17.4 Å². The molecule has 1 aliphatic rings. The summed E-state index contributed by atoms with van der Waals surface area (Å²) in [4.78, 5) is 17.1. The molecule has 0 spiro atoms. The van der Waals surface area contributed by atoms with Crippen LogP contribution in [0.3, 0.4) is 0 Å². The third-order valence-electron chi connectivity index (χ3n) is 4.33. The summed E-state index contributed by atoms with van der Waals surface area (Å²) in [6, 6.07) is 1.58. The lowest BCUT2D eigenvalue weighted by molar-refractivity contribution is -0.120. The van der Waals surface area contributed by atoms with Crippen LogP contribution in [0.2, 0.25) is 5.02 Å². The first-order valence-electron chi connectivity index (χ1n) is 8.58. The first kappa shape index (κ1) is 23.0. The van der Waals surface area contributed by atoms with Crippen LogP contribution in [0.4, 0.5) is 10.1 Å².